The Kier molecular flexibility index (Phi) is 4.29. The maximum atomic E-state index is 11.9. The molecule has 0 aromatic carbocycles. The summed E-state index contributed by atoms with van der Waals surface area (Å²) in [4.78, 5) is 11.1. The number of nitrogens with zero attached hydrogens (tertiary/aromatic N) is 1. The van der Waals surface area contributed by atoms with E-state index in [9.17, 15) is 13.2 Å². The van der Waals surface area contributed by atoms with Crippen molar-refractivity contribution in [1.82, 2.24) is 4.31 Å². The number of carboxylic acid groups (broad SMARTS) is 1. The largest absolute Gasteiger partial charge is 0.477 e. The van der Waals surface area contributed by atoms with Gasteiger partial charge in [0, 0.05) is 14.1 Å². The summed E-state index contributed by atoms with van der Waals surface area (Å²) in [7, 11) is -0.691. The fraction of sp³-hybridized carbons (Fsp3) is 0.500. The molecule has 0 saturated carbocycles. The monoisotopic (exact) mass is 277 g/mol. The Labute approximate surface area is 105 Å². The van der Waals surface area contributed by atoms with Gasteiger partial charge in [-0.1, -0.05) is 13.3 Å². The van der Waals surface area contributed by atoms with Crippen molar-refractivity contribution in [3.8, 4) is 0 Å². The quantitative estimate of drug-likeness (QED) is 0.888. The molecule has 7 heteroatoms. The first-order valence-electron chi connectivity index (χ1n) is 5.09. The van der Waals surface area contributed by atoms with Crippen LogP contribution in [-0.4, -0.2) is 37.9 Å². The van der Waals surface area contributed by atoms with E-state index in [2.05, 4.69) is 0 Å². The van der Waals surface area contributed by atoms with Crippen LogP contribution in [0.15, 0.2) is 10.3 Å². The molecule has 96 valence electrons. The lowest BCUT2D eigenvalue weighted by molar-refractivity contribution is 0.0701. The Morgan fingerprint density at radius 1 is 1.47 bits per heavy atom. The standard InChI is InChI=1S/C10H15NO4S2/c1-4-5-7-6-8(16-9(7)10(12)13)17(14,15)11(2)3/h6H,4-5H2,1-3H3,(H,12,13). The zero-order chi connectivity index (χ0) is 13.2. The number of carboxylic acids is 1. The predicted molar refractivity (Wildman–Crippen MR) is 66.1 cm³/mol. The molecule has 0 aliphatic heterocycles. The van der Waals surface area contributed by atoms with Crippen molar-refractivity contribution in [3.05, 3.63) is 16.5 Å². The van der Waals surface area contributed by atoms with E-state index >= 15 is 0 Å². The Morgan fingerprint density at radius 3 is 2.47 bits per heavy atom. The van der Waals surface area contributed by atoms with Crippen LogP contribution in [0.3, 0.4) is 0 Å². The van der Waals surface area contributed by atoms with Crippen molar-refractivity contribution in [1.29, 1.82) is 0 Å². The summed E-state index contributed by atoms with van der Waals surface area (Å²) in [5.41, 5.74) is 0.588. The number of carbonyl (C=O) groups is 1. The molecule has 0 saturated heterocycles. The van der Waals surface area contributed by atoms with Gasteiger partial charge in [-0.05, 0) is 18.1 Å². The second-order valence-corrected chi connectivity index (χ2v) is 7.19. The summed E-state index contributed by atoms with van der Waals surface area (Å²) in [6.07, 6.45) is 1.35. The predicted octanol–water partition coefficient (Wildman–Crippen LogP) is 1.65. The summed E-state index contributed by atoms with van der Waals surface area (Å²) in [6.45, 7) is 1.92. The van der Waals surface area contributed by atoms with Gasteiger partial charge >= 0.3 is 5.97 Å². The molecule has 0 aliphatic rings. The topological polar surface area (TPSA) is 74.7 Å². The van der Waals surface area contributed by atoms with E-state index in [-0.39, 0.29) is 9.09 Å². The molecule has 0 spiro atoms. The number of hydrogen-bond acceptors (Lipinski definition) is 4. The molecule has 1 N–H and O–H groups in total. The van der Waals surface area contributed by atoms with Crippen LogP contribution in [0.4, 0.5) is 0 Å². The lowest BCUT2D eigenvalue weighted by atomic mass is 10.1. The fourth-order valence-electron chi connectivity index (χ4n) is 1.35. The molecule has 1 heterocycles. The molecule has 1 aromatic rings. The van der Waals surface area contributed by atoms with Crippen LogP contribution in [0.5, 0.6) is 0 Å². The smallest absolute Gasteiger partial charge is 0.346 e. The Hall–Kier alpha value is -0.920. The van der Waals surface area contributed by atoms with Gasteiger partial charge in [-0.25, -0.2) is 17.5 Å². The summed E-state index contributed by atoms with van der Waals surface area (Å²) < 4.78 is 24.9. The first kappa shape index (κ1) is 14.1. The van der Waals surface area contributed by atoms with Gasteiger partial charge in [0.25, 0.3) is 10.0 Å². The SMILES string of the molecule is CCCc1cc(S(=O)(=O)N(C)C)sc1C(=O)O. The molecule has 0 unspecified atom stereocenters. The summed E-state index contributed by atoms with van der Waals surface area (Å²) >= 11 is 0.814. The molecule has 5 nitrogen and oxygen atoms in total. The molecular formula is C10H15NO4S2. The lowest BCUT2D eigenvalue weighted by Crippen LogP contribution is -2.21. The molecule has 1 rings (SSSR count). The molecule has 0 atom stereocenters. The molecule has 0 fully saturated rings. The van der Waals surface area contributed by atoms with E-state index in [0.717, 1.165) is 22.1 Å². The van der Waals surface area contributed by atoms with Crippen molar-refractivity contribution in [3.63, 3.8) is 0 Å². The molecule has 0 aliphatic carbocycles. The van der Waals surface area contributed by atoms with E-state index in [1.807, 2.05) is 6.92 Å². The number of aryl methyl sites for hydroxylation is 1. The highest BCUT2D eigenvalue weighted by atomic mass is 32.2. The average molecular weight is 277 g/mol. The van der Waals surface area contributed by atoms with Crippen molar-refractivity contribution >= 4 is 27.3 Å². The highest BCUT2D eigenvalue weighted by Crippen LogP contribution is 2.29. The van der Waals surface area contributed by atoms with Gasteiger partial charge in [-0.3, -0.25) is 0 Å². The fourth-order valence-corrected chi connectivity index (χ4v) is 3.90. The van der Waals surface area contributed by atoms with Crippen molar-refractivity contribution in [2.75, 3.05) is 14.1 Å². The third kappa shape index (κ3) is 2.85. The molecule has 0 radical (unpaired) electrons. The van der Waals surface area contributed by atoms with Crippen LogP contribution >= 0.6 is 11.3 Å². The van der Waals surface area contributed by atoms with Gasteiger partial charge in [0.1, 0.15) is 9.09 Å². The van der Waals surface area contributed by atoms with Gasteiger partial charge in [0.05, 0.1) is 0 Å². The van der Waals surface area contributed by atoms with Crippen LogP contribution in [0, 0.1) is 0 Å². The van der Waals surface area contributed by atoms with Crippen LogP contribution < -0.4 is 0 Å². The first-order valence-corrected chi connectivity index (χ1v) is 7.35. The third-order valence-electron chi connectivity index (χ3n) is 2.23. The van der Waals surface area contributed by atoms with Crippen LogP contribution in [0.1, 0.15) is 28.6 Å². The van der Waals surface area contributed by atoms with E-state index in [0.29, 0.717) is 12.0 Å². The minimum absolute atomic E-state index is 0.0864. The van der Waals surface area contributed by atoms with Gasteiger partial charge in [0.15, 0.2) is 0 Å². The maximum absolute atomic E-state index is 11.9. The summed E-state index contributed by atoms with van der Waals surface area (Å²) in [6, 6.07) is 1.47. The van der Waals surface area contributed by atoms with E-state index in [4.69, 9.17) is 5.11 Å². The second-order valence-electron chi connectivity index (χ2n) is 3.76. The lowest BCUT2D eigenvalue weighted by Gasteiger charge is -2.08. The van der Waals surface area contributed by atoms with Gasteiger partial charge in [0.2, 0.25) is 0 Å². The van der Waals surface area contributed by atoms with Crippen molar-refractivity contribution < 1.29 is 18.3 Å². The first-order chi connectivity index (χ1) is 7.80. The highest BCUT2D eigenvalue weighted by molar-refractivity contribution is 7.91. The summed E-state index contributed by atoms with van der Waals surface area (Å²) in [5, 5.41) is 9.01. The number of sulfonamides is 1. The zero-order valence-electron chi connectivity index (χ0n) is 9.93. The number of hydrogen-bond donors (Lipinski definition) is 1. The minimum atomic E-state index is -3.54. The molecule has 17 heavy (non-hydrogen) atoms. The number of thiophene rings is 1. The number of rotatable bonds is 5. The minimum Gasteiger partial charge on any atom is -0.477 e. The van der Waals surface area contributed by atoms with Gasteiger partial charge < -0.3 is 5.11 Å². The Bertz CT molecular complexity index is 516. The maximum Gasteiger partial charge on any atom is 0.346 e. The highest BCUT2D eigenvalue weighted by Gasteiger charge is 2.24. The van der Waals surface area contributed by atoms with Crippen molar-refractivity contribution in [2.24, 2.45) is 0 Å². The molecular weight excluding hydrogens is 262 g/mol. The number of aromatic carboxylic acids is 1. The van der Waals surface area contributed by atoms with E-state index < -0.39 is 16.0 Å². The molecule has 1 aromatic heterocycles. The Morgan fingerprint density at radius 2 is 2.06 bits per heavy atom. The van der Waals surface area contributed by atoms with Gasteiger partial charge in [-0.15, -0.1) is 11.3 Å². The Balaban J connectivity index is 3.30. The normalized spacial score (nSPS) is 12.0. The summed E-state index contributed by atoms with van der Waals surface area (Å²) in [5.74, 6) is -1.07. The third-order valence-corrected chi connectivity index (χ3v) is 5.66. The molecule has 0 amide bonds. The van der Waals surface area contributed by atoms with Crippen LogP contribution in [-0.2, 0) is 16.4 Å². The van der Waals surface area contributed by atoms with Crippen LogP contribution in [0.2, 0.25) is 0 Å². The van der Waals surface area contributed by atoms with E-state index in [1.165, 1.54) is 20.2 Å². The van der Waals surface area contributed by atoms with Crippen LogP contribution in [0.25, 0.3) is 0 Å². The average Bonchev–Trinajstić information content (AvgIpc) is 2.62. The van der Waals surface area contributed by atoms with Crippen molar-refractivity contribution in [2.45, 2.75) is 24.0 Å². The zero-order valence-corrected chi connectivity index (χ0v) is 11.6. The molecule has 0 bridgehead atoms. The van der Waals surface area contributed by atoms with Gasteiger partial charge in [-0.2, -0.15) is 0 Å². The second kappa shape index (κ2) is 5.16. The van der Waals surface area contributed by atoms with E-state index in [1.54, 1.807) is 0 Å².